The third-order valence-electron chi connectivity index (χ3n) is 1.43. The molecule has 0 fully saturated rings. The minimum atomic E-state index is -0.326. The standard InChI is InChI=1S/C6H13NO3/c1-6(3-5-8)2-4-7(9)10/h6,8H,2-5H2,1H3. The van der Waals surface area contributed by atoms with E-state index in [0.717, 1.165) is 0 Å². The van der Waals surface area contributed by atoms with E-state index in [4.69, 9.17) is 5.11 Å². The first-order chi connectivity index (χ1) is 4.66. The molecule has 0 rings (SSSR count). The monoisotopic (exact) mass is 147 g/mol. The minimum absolute atomic E-state index is 0.0150. The molecule has 10 heavy (non-hydrogen) atoms. The molecule has 0 aliphatic carbocycles. The fourth-order valence-electron chi connectivity index (χ4n) is 0.691. The highest BCUT2D eigenvalue weighted by atomic mass is 16.6. The topological polar surface area (TPSA) is 63.4 Å². The average Bonchev–Trinajstić information content (AvgIpc) is 1.85. The van der Waals surface area contributed by atoms with E-state index in [-0.39, 0.29) is 24.0 Å². The summed E-state index contributed by atoms with van der Waals surface area (Å²) in [6.07, 6.45) is 1.22. The third kappa shape index (κ3) is 5.50. The summed E-state index contributed by atoms with van der Waals surface area (Å²) in [6, 6.07) is 0. The van der Waals surface area contributed by atoms with E-state index in [2.05, 4.69) is 0 Å². The van der Waals surface area contributed by atoms with E-state index >= 15 is 0 Å². The van der Waals surface area contributed by atoms with E-state index in [1.807, 2.05) is 6.92 Å². The van der Waals surface area contributed by atoms with E-state index in [1.165, 1.54) is 0 Å². The summed E-state index contributed by atoms with van der Waals surface area (Å²) in [6.45, 7) is 2.04. The van der Waals surface area contributed by atoms with Gasteiger partial charge in [-0.3, -0.25) is 10.1 Å². The van der Waals surface area contributed by atoms with E-state index in [0.29, 0.717) is 12.8 Å². The van der Waals surface area contributed by atoms with Gasteiger partial charge in [0.1, 0.15) is 0 Å². The number of aliphatic hydroxyl groups is 1. The molecule has 0 aliphatic heterocycles. The summed E-state index contributed by atoms with van der Waals surface area (Å²) in [5.41, 5.74) is 0. The second-order valence-corrected chi connectivity index (χ2v) is 2.46. The second kappa shape index (κ2) is 5.17. The lowest BCUT2D eigenvalue weighted by Crippen LogP contribution is -2.07. The zero-order valence-electron chi connectivity index (χ0n) is 6.12. The number of aliphatic hydroxyl groups excluding tert-OH is 1. The van der Waals surface area contributed by atoms with Gasteiger partial charge in [0.05, 0.1) is 0 Å². The molecule has 0 radical (unpaired) electrons. The van der Waals surface area contributed by atoms with Crippen LogP contribution >= 0.6 is 0 Å². The molecular weight excluding hydrogens is 134 g/mol. The van der Waals surface area contributed by atoms with Crippen LogP contribution in [-0.2, 0) is 0 Å². The summed E-state index contributed by atoms with van der Waals surface area (Å²) in [7, 11) is 0. The first kappa shape index (κ1) is 9.36. The maximum absolute atomic E-state index is 9.85. The van der Waals surface area contributed by atoms with Gasteiger partial charge in [-0.1, -0.05) is 6.92 Å². The summed E-state index contributed by atoms with van der Waals surface area (Å²) < 4.78 is 0. The van der Waals surface area contributed by atoms with Crippen molar-refractivity contribution < 1.29 is 10.0 Å². The summed E-state index contributed by atoms with van der Waals surface area (Å²) >= 11 is 0. The smallest absolute Gasteiger partial charge is 0.204 e. The Hall–Kier alpha value is -0.640. The van der Waals surface area contributed by atoms with Crippen LogP contribution in [0.15, 0.2) is 0 Å². The molecule has 60 valence electrons. The molecule has 0 aliphatic rings. The summed E-state index contributed by atoms with van der Waals surface area (Å²) in [4.78, 5) is 9.53. The molecule has 4 nitrogen and oxygen atoms in total. The van der Waals surface area contributed by atoms with Crippen LogP contribution in [0.4, 0.5) is 0 Å². The zero-order chi connectivity index (χ0) is 7.98. The summed E-state index contributed by atoms with van der Waals surface area (Å²) in [5, 5.41) is 18.3. The molecule has 1 N–H and O–H groups in total. The van der Waals surface area contributed by atoms with Gasteiger partial charge in [-0.15, -0.1) is 0 Å². The van der Waals surface area contributed by atoms with E-state index in [9.17, 15) is 10.1 Å². The van der Waals surface area contributed by atoms with Crippen LogP contribution in [-0.4, -0.2) is 23.2 Å². The maximum Gasteiger partial charge on any atom is 0.204 e. The van der Waals surface area contributed by atoms with E-state index in [1.54, 1.807) is 0 Å². The van der Waals surface area contributed by atoms with Crippen LogP contribution in [0.5, 0.6) is 0 Å². The highest BCUT2D eigenvalue weighted by molar-refractivity contribution is 4.49. The van der Waals surface area contributed by atoms with Gasteiger partial charge < -0.3 is 5.11 Å². The summed E-state index contributed by atoms with van der Waals surface area (Å²) in [5.74, 6) is 0.260. The van der Waals surface area contributed by atoms with Gasteiger partial charge in [0.2, 0.25) is 6.54 Å². The molecule has 0 aromatic carbocycles. The van der Waals surface area contributed by atoms with Crippen LogP contribution in [0.2, 0.25) is 0 Å². The van der Waals surface area contributed by atoms with Crippen LogP contribution in [0.1, 0.15) is 19.8 Å². The highest BCUT2D eigenvalue weighted by Crippen LogP contribution is 2.05. The van der Waals surface area contributed by atoms with Crippen molar-refractivity contribution in [1.29, 1.82) is 0 Å². The Bertz CT molecular complexity index is 105. The van der Waals surface area contributed by atoms with Crippen molar-refractivity contribution in [3.05, 3.63) is 10.1 Å². The van der Waals surface area contributed by atoms with Crippen molar-refractivity contribution in [1.82, 2.24) is 0 Å². The van der Waals surface area contributed by atoms with Crippen molar-refractivity contribution in [3.63, 3.8) is 0 Å². The normalized spacial score (nSPS) is 13.0. The first-order valence-corrected chi connectivity index (χ1v) is 3.39. The second-order valence-electron chi connectivity index (χ2n) is 2.46. The average molecular weight is 147 g/mol. The molecule has 0 saturated heterocycles. The molecule has 0 heterocycles. The van der Waals surface area contributed by atoms with Crippen LogP contribution in [0, 0.1) is 16.0 Å². The van der Waals surface area contributed by atoms with Crippen molar-refractivity contribution in [3.8, 4) is 0 Å². The van der Waals surface area contributed by atoms with Gasteiger partial charge in [-0.25, -0.2) is 0 Å². The molecule has 0 bridgehead atoms. The molecule has 0 aromatic heterocycles. The lowest BCUT2D eigenvalue weighted by Gasteiger charge is -2.04. The quantitative estimate of drug-likeness (QED) is 0.459. The number of nitro groups is 1. The van der Waals surface area contributed by atoms with Crippen molar-refractivity contribution in [2.75, 3.05) is 13.2 Å². The van der Waals surface area contributed by atoms with Crippen molar-refractivity contribution in [2.24, 2.45) is 5.92 Å². The Kier molecular flexibility index (Phi) is 4.84. The van der Waals surface area contributed by atoms with Gasteiger partial charge in [0.15, 0.2) is 0 Å². The van der Waals surface area contributed by atoms with Crippen molar-refractivity contribution >= 4 is 0 Å². The predicted octanol–water partition coefficient (Wildman–Crippen LogP) is 0.672. The van der Waals surface area contributed by atoms with Gasteiger partial charge in [0, 0.05) is 18.0 Å². The Morgan fingerprint density at radius 3 is 2.60 bits per heavy atom. The molecule has 4 heteroatoms. The number of nitrogens with zero attached hydrogens (tertiary/aromatic N) is 1. The molecule has 0 spiro atoms. The van der Waals surface area contributed by atoms with E-state index < -0.39 is 0 Å². The fraction of sp³-hybridized carbons (Fsp3) is 1.00. The highest BCUT2D eigenvalue weighted by Gasteiger charge is 2.04. The van der Waals surface area contributed by atoms with Crippen LogP contribution < -0.4 is 0 Å². The minimum Gasteiger partial charge on any atom is -0.396 e. The van der Waals surface area contributed by atoms with Crippen molar-refractivity contribution in [2.45, 2.75) is 19.8 Å². The number of hydrogen-bond acceptors (Lipinski definition) is 3. The Balaban J connectivity index is 3.21. The largest absolute Gasteiger partial charge is 0.396 e. The molecule has 1 unspecified atom stereocenters. The molecule has 0 amide bonds. The van der Waals surface area contributed by atoms with Gasteiger partial charge in [-0.05, 0) is 12.3 Å². The number of hydrogen-bond donors (Lipinski definition) is 1. The lowest BCUT2D eigenvalue weighted by molar-refractivity contribution is -0.481. The Labute approximate surface area is 60.0 Å². The van der Waals surface area contributed by atoms with Gasteiger partial charge >= 0.3 is 0 Å². The maximum atomic E-state index is 9.85. The van der Waals surface area contributed by atoms with Gasteiger partial charge in [-0.2, -0.15) is 0 Å². The van der Waals surface area contributed by atoms with Crippen LogP contribution in [0.25, 0.3) is 0 Å². The fourth-order valence-corrected chi connectivity index (χ4v) is 0.691. The molecule has 1 atom stereocenters. The van der Waals surface area contributed by atoms with Crippen LogP contribution in [0.3, 0.4) is 0 Å². The SMILES string of the molecule is CC(CCO)CC[N+](=O)[O-]. The predicted molar refractivity (Wildman–Crippen MR) is 37.3 cm³/mol. The molecule has 0 aromatic rings. The molecular formula is C6H13NO3. The Morgan fingerprint density at radius 1 is 1.60 bits per heavy atom. The third-order valence-corrected chi connectivity index (χ3v) is 1.43. The zero-order valence-corrected chi connectivity index (χ0v) is 6.12. The number of rotatable bonds is 5. The van der Waals surface area contributed by atoms with Gasteiger partial charge in [0.25, 0.3) is 0 Å². The first-order valence-electron chi connectivity index (χ1n) is 3.39. The Morgan fingerprint density at radius 2 is 2.20 bits per heavy atom. The lowest BCUT2D eigenvalue weighted by atomic mass is 10.1. The molecule has 0 saturated carbocycles.